The Balaban J connectivity index is 1.83. The normalized spacial score (nSPS) is 13.7. The van der Waals surface area contributed by atoms with Crippen molar-refractivity contribution < 1.29 is 13.9 Å². The number of hydrogen-bond donors (Lipinski definition) is 1. The predicted octanol–water partition coefficient (Wildman–Crippen LogP) is 3.64. The highest BCUT2D eigenvalue weighted by Gasteiger charge is 2.24. The number of H-pyrrole nitrogens is 1. The van der Waals surface area contributed by atoms with Crippen molar-refractivity contribution in [2.24, 2.45) is 5.92 Å². The zero-order chi connectivity index (χ0) is 19.4. The average molecular weight is 372 g/mol. The highest BCUT2D eigenvalue weighted by molar-refractivity contribution is 5.75. The van der Waals surface area contributed by atoms with E-state index in [2.05, 4.69) is 27.1 Å². The molecule has 1 N–H and O–H groups in total. The molecule has 27 heavy (non-hydrogen) atoms. The molecule has 2 heterocycles. The molecule has 0 saturated carbocycles. The molecule has 3 aromatic rings. The molecule has 0 spiro atoms. The molecule has 0 fully saturated rings. The van der Waals surface area contributed by atoms with E-state index < -0.39 is 0 Å². The second kappa shape index (κ2) is 8.43. The van der Waals surface area contributed by atoms with Crippen molar-refractivity contribution in [3.8, 4) is 5.75 Å². The van der Waals surface area contributed by atoms with E-state index in [0.29, 0.717) is 12.8 Å². The van der Waals surface area contributed by atoms with Crippen LogP contribution in [0.3, 0.4) is 0 Å². The maximum Gasteiger partial charge on any atom is 0.165 e. The molecule has 2 atom stereocenters. The third-order valence-corrected chi connectivity index (χ3v) is 5.15. The summed E-state index contributed by atoms with van der Waals surface area (Å²) in [4.78, 5) is 7.42. The molecule has 0 bridgehead atoms. The topological polar surface area (TPSA) is 72.9 Å². The van der Waals surface area contributed by atoms with Gasteiger partial charge in [-0.25, -0.2) is 9.37 Å². The van der Waals surface area contributed by atoms with Crippen molar-refractivity contribution in [3.63, 3.8) is 0 Å². The van der Waals surface area contributed by atoms with Gasteiger partial charge in [-0.05, 0) is 48.9 Å². The van der Waals surface area contributed by atoms with E-state index in [4.69, 9.17) is 9.47 Å². The molecule has 0 saturated heterocycles. The third kappa shape index (κ3) is 4.08. The Labute approximate surface area is 158 Å². The Morgan fingerprint density at radius 3 is 2.74 bits per heavy atom. The molecule has 6 nitrogen and oxygen atoms in total. The van der Waals surface area contributed by atoms with Gasteiger partial charge in [0.2, 0.25) is 0 Å². The number of methoxy groups -OCH3 is 2. The zero-order valence-corrected chi connectivity index (χ0v) is 16.1. The van der Waals surface area contributed by atoms with Gasteiger partial charge in [0, 0.05) is 7.11 Å². The Morgan fingerprint density at radius 1 is 1.22 bits per heavy atom. The Kier molecular flexibility index (Phi) is 6.01. The monoisotopic (exact) mass is 372 g/mol. The number of nitrogens with one attached hydrogen (secondary N) is 1. The van der Waals surface area contributed by atoms with Crippen molar-refractivity contribution in [2.45, 2.75) is 39.2 Å². The van der Waals surface area contributed by atoms with Gasteiger partial charge in [0.05, 0.1) is 36.9 Å². The number of aromatic nitrogens is 4. The maximum atomic E-state index is 14.2. The molecule has 1 aromatic carbocycles. The van der Waals surface area contributed by atoms with E-state index >= 15 is 0 Å². The molecule has 2 aromatic heterocycles. The average Bonchev–Trinajstić information content (AvgIpc) is 3.16. The number of hydrogen-bond acceptors (Lipinski definition) is 5. The summed E-state index contributed by atoms with van der Waals surface area (Å²) in [5.74, 6) is 0.113. The summed E-state index contributed by atoms with van der Waals surface area (Å²) < 4.78 is 25.0. The Bertz CT molecular complexity index is 912. The number of fused-ring (bicyclic) bond motifs is 1. The number of aromatic amines is 1. The van der Waals surface area contributed by atoms with Crippen LogP contribution in [0.2, 0.25) is 0 Å². The lowest BCUT2D eigenvalue weighted by molar-refractivity contribution is 0.0500. The van der Waals surface area contributed by atoms with E-state index in [0.717, 1.165) is 34.3 Å². The fraction of sp³-hybridized carbons (Fsp3) is 0.450. The van der Waals surface area contributed by atoms with Crippen molar-refractivity contribution in [1.82, 2.24) is 20.2 Å². The number of benzene rings is 1. The van der Waals surface area contributed by atoms with Gasteiger partial charge in [0.15, 0.2) is 11.6 Å². The van der Waals surface area contributed by atoms with Gasteiger partial charge < -0.3 is 14.5 Å². The number of rotatable bonds is 8. The summed E-state index contributed by atoms with van der Waals surface area (Å²) in [6, 6.07) is 3.27. The van der Waals surface area contributed by atoms with Crippen LogP contribution in [0.15, 0.2) is 24.7 Å². The van der Waals surface area contributed by atoms with Crippen LogP contribution in [0.1, 0.15) is 30.2 Å². The van der Waals surface area contributed by atoms with Crippen molar-refractivity contribution in [3.05, 3.63) is 47.3 Å². The van der Waals surface area contributed by atoms with Crippen LogP contribution in [-0.4, -0.2) is 40.5 Å². The van der Waals surface area contributed by atoms with Crippen molar-refractivity contribution in [2.75, 3.05) is 14.2 Å². The van der Waals surface area contributed by atoms with E-state index in [1.807, 2.05) is 6.92 Å². The molecule has 0 aliphatic heterocycles. The standard InChI is InChI=1S/C20H25FN4O2/c1-5-13(8-16-20-17(10-24-25-16)22-11-23-20)18(26-3)9-14-7-15(21)19(27-4)6-12(14)2/h6-7,10-11,13,18H,5,8-9H2,1-4H3,(H,22,23). The molecule has 0 aliphatic rings. The summed E-state index contributed by atoms with van der Waals surface area (Å²) >= 11 is 0. The van der Waals surface area contributed by atoms with Gasteiger partial charge in [-0.2, -0.15) is 10.2 Å². The number of ether oxygens (including phenoxy) is 2. The second-order valence-electron chi connectivity index (χ2n) is 6.72. The van der Waals surface area contributed by atoms with E-state index in [1.165, 1.54) is 7.11 Å². The quantitative estimate of drug-likeness (QED) is 0.654. The molecule has 144 valence electrons. The van der Waals surface area contributed by atoms with Crippen LogP contribution < -0.4 is 4.74 Å². The highest BCUT2D eigenvalue weighted by Crippen LogP contribution is 2.27. The second-order valence-corrected chi connectivity index (χ2v) is 6.72. The van der Waals surface area contributed by atoms with Crippen LogP contribution in [0.25, 0.3) is 11.0 Å². The summed E-state index contributed by atoms with van der Waals surface area (Å²) in [5.41, 5.74) is 4.46. The molecular formula is C20H25FN4O2. The maximum absolute atomic E-state index is 14.2. The van der Waals surface area contributed by atoms with Crippen LogP contribution in [0, 0.1) is 18.7 Å². The first-order valence-corrected chi connectivity index (χ1v) is 9.06. The van der Waals surface area contributed by atoms with Gasteiger partial charge in [-0.1, -0.05) is 13.3 Å². The lowest BCUT2D eigenvalue weighted by Crippen LogP contribution is -2.27. The van der Waals surface area contributed by atoms with Crippen LogP contribution in [-0.2, 0) is 17.6 Å². The van der Waals surface area contributed by atoms with Crippen LogP contribution in [0.5, 0.6) is 5.75 Å². The number of aryl methyl sites for hydroxylation is 1. The predicted molar refractivity (Wildman–Crippen MR) is 101 cm³/mol. The van der Waals surface area contributed by atoms with Crippen LogP contribution >= 0.6 is 0 Å². The van der Waals surface area contributed by atoms with Crippen molar-refractivity contribution >= 4 is 11.0 Å². The first kappa shape index (κ1) is 19.2. The summed E-state index contributed by atoms with van der Waals surface area (Å²) in [6.45, 7) is 4.08. The molecule has 2 unspecified atom stereocenters. The smallest absolute Gasteiger partial charge is 0.165 e. The largest absolute Gasteiger partial charge is 0.494 e. The fourth-order valence-electron chi connectivity index (χ4n) is 3.49. The van der Waals surface area contributed by atoms with Crippen molar-refractivity contribution in [1.29, 1.82) is 0 Å². The highest BCUT2D eigenvalue weighted by atomic mass is 19.1. The molecule has 0 amide bonds. The fourth-order valence-corrected chi connectivity index (χ4v) is 3.49. The number of halogens is 1. The minimum atomic E-state index is -0.354. The summed E-state index contributed by atoms with van der Waals surface area (Å²) in [7, 11) is 3.17. The lowest BCUT2D eigenvalue weighted by Gasteiger charge is -2.26. The zero-order valence-electron chi connectivity index (χ0n) is 16.1. The van der Waals surface area contributed by atoms with Gasteiger partial charge in [0.1, 0.15) is 5.52 Å². The van der Waals surface area contributed by atoms with Gasteiger partial charge in [-0.3, -0.25) is 0 Å². The number of imidazole rings is 1. The van der Waals surface area contributed by atoms with Gasteiger partial charge >= 0.3 is 0 Å². The van der Waals surface area contributed by atoms with Gasteiger partial charge in [-0.15, -0.1) is 0 Å². The molecule has 3 rings (SSSR count). The Morgan fingerprint density at radius 2 is 2.04 bits per heavy atom. The Hall–Kier alpha value is -2.54. The minimum Gasteiger partial charge on any atom is -0.494 e. The minimum absolute atomic E-state index is 0.0718. The first-order chi connectivity index (χ1) is 13.1. The summed E-state index contributed by atoms with van der Waals surface area (Å²) in [5, 5.41) is 8.34. The SMILES string of the molecule is CCC(Cc1nncc2[nH]cnc12)C(Cc1cc(F)c(OC)cc1C)OC. The summed E-state index contributed by atoms with van der Waals surface area (Å²) in [6.07, 6.45) is 5.46. The third-order valence-electron chi connectivity index (χ3n) is 5.15. The van der Waals surface area contributed by atoms with Gasteiger partial charge in [0.25, 0.3) is 0 Å². The van der Waals surface area contributed by atoms with E-state index in [-0.39, 0.29) is 23.6 Å². The molecule has 0 aliphatic carbocycles. The molecule has 0 radical (unpaired) electrons. The first-order valence-electron chi connectivity index (χ1n) is 9.06. The van der Waals surface area contributed by atoms with Crippen LogP contribution in [0.4, 0.5) is 4.39 Å². The molecular weight excluding hydrogens is 347 g/mol. The van der Waals surface area contributed by atoms with E-state index in [9.17, 15) is 4.39 Å². The number of nitrogens with zero attached hydrogens (tertiary/aromatic N) is 3. The van der Waals surface area contributed by atoms with E-state index in [1.54, 1.807) is 31.8 Å². The molecule has 7 heteroatoms. The lowest BCUT2D eigenvalue weighted by atomic mass is 9.88.